The van der Waals surface area contributed by atoms with Crippen molar-refractivity contribution in [3.8, 4) is 0 Å². The van der Waals surface area contributed by atoms with Gasteiger partial charge in [0.25, 0.3) is 0 Å². The van der Waals surface area contributed by atoms with Crippen LogP contribution in [0.25, 0.3) is 0 Å². The lowest BCUT2D eigenvalue weighted by molar-refractivity contribution is 0.199. The molecule has 0 fully saturated rings. The molecule has 2 aromatic carbocycles. The molecule has 0 aliphatic carbocycles. The molecular weight excluding hydrogens is 264 g/mol. The number of halogens is 1. The van der Waals surface area contributed by atoms with Crippen molar-refractivity contribution in [1.82, 2.24) is 0 Å². The first-order valence-electron chi connectivity index (χ1n) is 5.81. The zero-order valence-corrected chi connectivity index (χ0v) is 11.7. The summed E-state index contributed by atoms with van der Waals surface area (Å²) in [6.07, 6.45) is -0.410. The van der Waals surface area contributed by atoms with E-state index in [0.29, 0.717) is 0 Å². The van der Waals surface area contributed by atoms with Crippen LogP contribution in [0.4, 0.5) is 0 Å². The molecule has 0 amide bonds. The zero-order chi connectivity index (χ0) is 13.0. The third-order valence-corrected chi connectivity index (χ3v) is 4.14. The van der Waals surface area contributed by atoms with Crippen LogP contribution in [-0.2, 0) is 5.75 Å². The van der Waals surface area contributed by atoms with E-state index in [0.717, 1.165) is 21.9 Å². The second kappa shape index (κ2) is 6.28. The van der Waals surface area contributed by atoms with Crippen LogP contribution in [0.2, 0.25) is 5.02 Å². The molecule has 0 bridgehead atoms. The lowest BCUT2D eigenvalue weighted by Gasteiger charge is -2.07. The normalized spacial score (nSPS) is 12.4. The molecular formula is C15H15ClOS. The van der Waals surface area contributed by atoms with Crippen molar-refractivity contribution < 1.29 is 5.11 Å². The fraction of sp³-hybridized carbons (Fsp3) is 0.200. The van der Waals surface area contributed by atoms with Gasteiger partial charge in [0.1, 0.15) is 0 Å². The van der Waals surface area contributed by atoms with Crippen LogP contribution < -0.4 is 0 Å². The van der Waals surface area contributed by atoms with Gasteiger partial charge >= 0.3 is 0 Å². The van der Waals surface area contributed by atoms with Gasteiger partial charge in [-0.15, -0.1) is 11.8 Å². The molecule has 0 saturated carbocycles. The van der Waals surface area contributed by atoms with Gasteiger partial charge in [0.2, 0.25) is 0 Å². The van der Waals surface area contributed by atoms with E-state index in [1.54, 1.807) is 18.7 Å². The van der Waals surface area contributed by atoms with Gasteiger partial charge in [0.15, 0.2) is 0 Å². The molecule has 0 aliphatic rings. The Morgan fingerprint density at radius 2 is 1.78 bits per heavy atom. The van der Waals surface area contributed by atoms with E-state index in [-0.39, 0.29) is 0 Å². The number of aliphatic hydroxyl groups is 1. The van der Waals surface area contributed by atoms with Crippen LogP contribution in [0.3, 0.4) is 0 Å². The SMILES string of the molecule is C[C@H](O)c1ccc(SCc2ccccc2Cl)cc1. The Morgan fingerprint density at radius 1 is 1.11 bits per heavy atom. The Bertz CT molecular complexity index is 508. The van der Waals surface area contributed by atoms with E-state index < -0.39 is 6.10 Å². The quantitative estimate of drug-likeness (QED) is 0.819. The summed E-state index contributed by atoms with van der Waals surface area (Å²) in [5.41, 5.74) is 2.08. The van der Waals surface area contributed by atoms with Crippen LogP contribution in [-0.4, -0.2) is 5.11 Å². The lowest BCUT2D eigenvalue weighted by atomic mass is 10.1. The largest absolute Gasteiger partial charge is 0.389 e. The van der Waals surface area contributed by atoms with Gasteiger partial charge in [-0.05, 0) is 36.2 Å². The van der Waals surface area contributed by atoms with Gasteiger partial charge in [-0.1, -0.05) is 41.9 Å². The summed E-state index contributed by atoms with van der Waals surface area (Å²) in [5, 5.41) is 10.2. The van der Waals surface area contributed by atoms with Gasteiger partial charge in [-0.25, -0.2) is 0 Å². The molecule has 0 heterocycles. The number of hydrogen-bond acceptors (Lipinski definition) is 2. The highest BCUT2D eigenvalue weighted by molar-refractivity contribution is 7.98. The molecule has 18 heavy (non-hydrogen) atoms. The number of rotatable bonds is 4. The predicted molar refractivity (Wildman–Crippen MR) is 78.1 cm³/mol. The second-order valence-corrected chi connectivity index (χ2v) is 5.58. The molecule has 0 aromatic heterocycles. The summed E-state index contributed by atoms with van der Waals surface area (Å²) < 4.78 is 0. The first kappa shape index (κ1) is 13.5. The Morgan fingerprint density at radius 3 is 2.39 bits per heavy atom. The summed E-state index contributed by atoms with van der Waals surface area (Å²) >= 11 is 7.85. The van der Waals surface area contributed by atoms with Crippen molar-refractivity contribution >= 4 is 23.4 Å². The van der Waals surface area contributed by atoms with Gasteiger partial charge in [0, 0.05) is 15.7 Å². The standard InChI is InChI=1S/C15H15ClOS/c1-11(17)12-6-8-14(9-7-12)18-10-13-4-2-3-5-15(13)16/h2-9,11,17H,10H2,1H3/t11-/m0/s1. The van der Waals surface area contributed by atoms with Gasteiger partial charge in [0.05, 0.1) is 6.10 Å². The van der Waals surface area contributed by atoms with Crippen molar-refractivity contribution in [2.75, 3.05) is 0 Å². The highest BCUT2D eigenvalue weighted by atomic mass is 35.5. The Balaban J connectivity index is 2.00. The average Bonchev–Trinajstić information content (AvgIpc) is 2.38. The van der Waals surface area contributed by atoms with Crippen molar-refractivity contribution in [3.05, 3.63) is 64.7 Å². The number of benzene rings is 2. The van der Waals surface area contributed by atoms with E-state index in [1.807, 2.05) is 48.5 Å². The third kappa shape index (κ3) is 3.52. The van der Waals surface area contributed by atoms with Crippen LogP contribution in [0.5, 0.6) is 0 Å². The summed E-state index contributed by atoms with van der Waals surface area (Å²) in [6, 6.07) is 15.9. The van der Waals surface area contributed by atoms with Gasteiger partial charge < -0.3 is 5.11 Å². The summed E-state index contributed by atoms with van der Waals surface area (Å²) in [7, 11) is 0. The molecule has 0 spiro atoms. The van der Waals surface area contributed by atoms with E-state index >= 15 is 0 Å². The molecule has 0 unspecified atom stereocenters. The third-order valence-electron chi connectivity index (χ3n) is 2.71. The molecule has 1 N–H and O–H groups in total. The minimum absolute atomic E-state index is 0.410. The van der Waals surface area contributed by atoms with Crippen molar-refractivity contribution in [2.45, 2.75) is 23.7 Å². The number of thioether (sulfide) groups is 1. The molecule has 3 heteroatoms. The smallest absolute Gasteiger partial charge is 0.0761 e. The molecule has 2 rings (SSSR count). The lowest BCUT2D eigenvalue weighted by Crippen LogP contribution is -1.89. The van der Waals surface area contributed by atoms with E-state index in [9.17, 15) is 5.11 Å². The van der Waals surface area contributed by atoms with Crippen LogP contribution >= 0.6 is 23.4 Å². The monoisotopic (exact) mass is 278 g/mol. The highest BCUT2D eigenvalue weighted by Crippen LogP contribution is 2.27. The zero-order valence-electron chi connectivity index (χ0n) is 10.1. The van der Waals surface area contributed by atoms with E-state index in [4.69, 9.17) is 11.6 Å². The Hall–Kier alpha value is -0.960. The van der Waals surface area contributed by atoms with Crippen molar-refractivity contribution in [2.24, 2.45) is 0 Å². The maximum Gasteiger partial charge on any atom is 0.0761 e. The van der Waals surface area contributed by atoms with Crippen LogP contribution in [0, 0.1) is 0 Å². The topological polar surface area (TPSA) is 20.2 Å². The fourth-order valence-corrected chi connectivity index (χ4v) is 2.80. The Labute approximate surface area is 117 Å². The molecule has 94 valence electrons. The highest BCUT2D eigenvalue weighted by Gasteiger charge is 2.02. The number of aliphatic hydroxyl groups excluding tert-OH is 1. The van der Waals surface area contributed by atoms with Crippen molar-refractivity contribution in [3.63, 3.8) is 0 Å². The summed E-state index contributed by atoms with van der Waals surface area (Å²) in [6.45, 7) is 1.77. The molecule has 0 saturated heterocycles. The first-order chi connectivity index (χ1) is 8.66. The summed E-state index contributed by atoms with van der Waals surface area (Å²) in [4.78, 5) is 1.18. The maximum absolute atomic E-state index is 9.43. The fourth-order valence-electron chi connectivity index (χ4n) is 1.62. The van der Waals surface area contributed by atoms with Gasteiger partial charge in [-0.3, -0.25) is 0 Å². The maximum atomic E-state index is 9.43. The van der Waals surface area contributed by atoms with E-state index in [2.05, 4.69) is 0 Å². The molecule has 1 atom stereocenters. The molecule has 2 aromatic rings. The Kier molecular flexibility index (Phi) is 4.70. The first-order valence-corrected chi connectivity index (χ1v) is 7.17. The van der Waals surface area contributed by atoms with E-state index in [1.165, 1.54) is 4.90 Å². The number of hydrogen-bond donors (Lipinski definition) is 1. The second-order valence-electron chi connectivity index (χ2n) is 4.13. The van der Waals surface area contributed by atoms with Gasteiger partial charge in [-0.2, -0.15) is 0 Å². The minimum Gasteiger partial charge on any atom is -0.389 e. The minimum atomic E-state index is -0.410. The molecule has 1 nitrogen and oxygen atoms in total. The summed E-state index contributed by atoms with van der Waals surface area (Å²) in [5.74, 6) is 0.855. The predicted octanol–water partition coefficient (Wildman–Crippen LogP) is 4.69. The van der Waals surface area contributed by atoms with Crippen LogP contribution in [0.15, 0.2) is 53.4 Å². The molecule has 0 aliphatic heterocycles. The van der Waals surface area contributed by atoms with Crippen LogP contribution in [0.1, 0.15) is 24.2 Å². The molecule has 0 radical (unpaired) electrons. The average molecular weight is 279 g/mol. The van der Waals surface area contributed by atoms with Crippen molar-refractivity contribution in [1.29, 1.82) is 0 Å².